The molecule has 110 valence electrons. The number of carbonyl (C=O) groups excluding carboxylic acids is 1. The number of carbonyl (C=O) groups is 1. The molecule has 0 saturated carbocycles. The van der Waals surface area contributed by atoms with E-state index in [1.54, 1.807) is 11.9 Å². The number of halogens is 1. The Morgan fingerprint density at radius 2 is 1.81 bits per heavy atom. The highest BCUT2D eigenvalue weighted by Gasteiger charge is 2.09. The highest BCUT2D eigenvalue weighted by atomic mass is 35.5. The summed E-state index contributed by atoms with van der Waals surface area (Å²) in [5.41, 5.74) is 3.37. The quantitative estimate of drug-likeness (QED) is 0.910. The molecule has 4 heteroatoms. The minimum Gasteiger partial charge on any atom is -0.334 e. The van der Waals surface area contributed by atoms with Crippen LogP contribution < -0.4 is 5.32 Å². The zero-order valence-corrected chi connectivity index (χ0v) is 13.0. The fourth-order valence-corrected chi connectivity index (χ4v) is 2.16. The molecule has 0 aromatic heterocycles. The molecule has 0 aliphatic carbocycles. The monoisotopic (exact) mass is 302 g/mol. The van der Waals surface area contributed by atoms with Gasteiger partial charge in [-0.05, 0) is 35.7 Å². The van der Waals surface area contributed by atoms with Gasteiger partial charge in [-0.1, -0.05) is 48.0 Å². The van der Waals surface area contributed by atoms with Gasteiger partial charge in [-0.2, -0.15) is 0 Å². The number of benzene rings is 2. The topological polar surface area (TPSA) is 32.3 Å². The first-order valence-electron chi connectivity index (χ1n) is 6.84. The summed E-state index contributed by atoms with van der Waals surface area (Å²) in [4.78, 5) is 13.8. The fraction of sp³-hybridized carbons (Fsp3) is 0.235. The van der Waals surface area contributed by atoms with Crippen molar-refractivity contribution in [1.82, 2.24) is 10.2 Å². The summed E-state index contributed by atoms with van der Waals surface area (Å²) >= 11 is 5.83. The Morgan fingerprint density at radius 1 is 1.14 bits per heavy atom. The normalized spacial score (nSPS) is 10.2. The van der Waals surface area contributed by atoms with Crippen molar-refractivity contribution in [2.75, 3.05) is 7.05 Å². The van der Waals surface area contributed by atoms with Gasteiger partial charge in [0.05, 0.1) is 0 Å². The number of nitrogens with one attached hydrogen (secondary N) is 1. The summed E-state index contributed by atoms with van der Waals surface area (Å²) in [5.74, 6) is 0. The smallest absolute Gasteiger partial charge is 0.317 e. The van der Waals surface area contributed by atoms with Crippen molar-refractivity contribution in [3.05, 3.63) is 70.2 Å². The van der Waals surface area contributed by atoms with Crippen LogP contribution in [0.4, 0.5) is 4.79 Å². The summed E-state index contributed by atoms with van der Waals surface area (Å²) in [6.45, 7) is 3.14. The molecule has 0 aliphatic rings. The minimum atomic E-state index is -0.0896. The van der Waals surface area contributed by atoms with Crippen molar-refractivity contribution in [1.29, 1.82) is 0 Å². The van der Waals surface area contributed by atoms with Crippen LogP contribution in [0.3, 0.4) is 0 Å². The SMILES string of the molecule is Cc1ccccc1CN(C)C(=O)NCc1ccc(Cl)cc1. The van der Waals surface area contributed by atoms with E-state index in [2.05, 4.69) is 18.3 Å². The van der Waals surface area contributed by atoms with Crippen molar-refractivity contribution in [2.24, 2.45) is 0 Å². The van der Waals surface area contributed by atoms with E-state index >= 15 is 0 Å². The largest absolute Gasteiger partial charge is 0.334 e. The lowest BCUT2D eigenvalue weighted by atomic mass is 10.1. The number of nitrogens with zero attached hydrogens (tertiary/aromatic N) is 1. The molecule has 2 rings (SSSR count). The van der Waals surface area contributed by atoms with Gasteiger partial charge in [0.1, 0.15) is 0 Å². The number of hydrogen-bond acceptors (Lipinski definition) is 1. The van der Waals surface area contributed by atoms with E-state index in [4.69, 9.17) is 11.6 Å². The summed E-state index contributed by atoms with van der Waals surface area (Å²) in [6, 6.07) is 15.4. The lowest BCUT2D eigenvalue weighted by Gasteiger charge is -2.19. The maximum atomic E-state index is 12.1. The molecule has 0 atom stereocenters. The van der Waals surface area contributed by atoms with E-state index in [-0.39, 0.29) is 6.03 Å². The van der Waals surface area contributed by atoms with Crippen LogP contribution in [-0.2, 0) is 13.1 Å². The molecule has 3 nitrogen and oxygen atoms in total. The molecule has 0 saturated heterocycles. The Kier molecular flexibility index (Phi) is 5.23. The number of urea groups is 1. The van der Waals surface area contributed by atoms with Gasteiger partial charge in [0, 0.05) is 25.2 Å². The van der Waals surface area contributed by atoms with E-state index in [0.29, 0.717) is 18.1 Å². The summed E-state index contributed by atoms with van der Waals surface area (Å²) in [5, 5.41) is 3.60. The molecule has 0 spiro atoms. The van der Waals surface area contributed by atoms with Crippen molar-refractivity contribution in [2.45, 2.75) is 20.0 Å². The van der Waals surface area contributed by atoms with E-state index in [0.717, 1.165) is 11.1 Å². The lowest BCUT2D eigenvalue weighted by molar-refractivity contribution is 0.206. The molecule has 21 heavy (non-hydrogen) atoms. The van der Waals surface area contributed by atoms with Crippen molar-refractivity contribution in [3.8, 4) is 0 Å². The third-order valence-electron chi connectivity index (χ3n) is 3.37. The summed E-state index contributed by atoms with van der Waals surface area (Å²) in [7, 11) is 1.80. The third-order valence-corrected chi connectivity index (χ3v) is 3.62. The molecular formula is C17H19ClN2O. The standard InChI is InChI=1S/C17H19ClN2O/c1-13-5-3-4-6-15(13)12-20(2)17(21)19-11-14-7-9-16(18)10-8-14/h3-10H,11-12H2,1-2H3,(H,19,21). The molecule has 0 fully saturated rings. The van der Waals surface area contributed by atoms with Gasteiger partial charge >= 0.3 is 6.03 Å². The Labute approximate surface area is 130 Å². The highest BCUT2D eigenvalue weighted by Crippen LogP contribution is 2.11. The molecule has 0 bridgehead atoms. The molecule has 1 N–H and O–H groups in total. The molecule has 0 heterocycles. The Morgan fingerprint density at radius 3 is 2.48 bits per heavy atom. The number of amides is 2. The van der Waals surface area contributed by atoms with Gasteiger partial charge in [-0.3, -0.25) is 0 Å². The van der Waals surface area contributed by atoms with Crippen LogP contribution in [-0.4, -0.2) is 18.0 Å². The highest BCUT2D eigenvalue weighted by molar-refractivity contribution is 6.30. The summed E-state index contributed by atoms with van der Waals surface area (Å²) < 4.78 is 0. The predicted octanol–water partition coefficient (Wildman–Crippen LogP) is 3.99. The Balaban J connectivity index is 1.88. The number of rotatable bonds is 4. The third kappa shape index (κ3) is 4.50. The van der Waals surface area contributed by atoms with Crippen LogP contribution in [0.15, 0.2) is 48.5 Å². The molecular weight excluding hydrogens is 284 g/mol. The average molecular weight is 303 g/mol. The number of aryl methyl sites for hydroxylation is 1. The van der Waals surface area contributed by atoms with Gasteiger partial charge < -0.3 is 10.2 Å². The van der Waals surface area contributed by atoms with Gasteiger partial charge in [0.15, 0.2) is 0 Å². The molecule has 0 unspecified atom stereocenters. The fourth-order valence-electron chi connectivity index (χ4n) is 2.03. The molecule has 0 radical (unpaired) electrons. The predicted molar refractivity (Wildman–Crippen MR) is 86.3 cm³/mol. The average Bonchev–Trinajstić information content (AvgIpc) is 2.48. The van der Waals surface area contributed by atoms with Gasteiger partial charge in [-0.25, -0.2) is 4.79 Å². The van der Waals surface area contributed by atoms with Crippen LogP contribution in [0, 0.1) is 6.92 Å². The van der Waals surface area contributed by atoms with Crippen LogP contribution in [0.25, 0.3) is 0 Å². The van der Waals surface area contributed by atoms with E-state index in [1.807, 2.05) is 42.5 Å². The van der Waals surface area contributed by atoms with Crippen LogP contribution in [0.2, 0.25) is 5.02 Å². The second kappa shape index (κ2) is 7.14. The van der Waals surface area contributed by atoms with E-state index in [9.17, 15) is 4.79 Å². The zero-order valence-electron chi connectivity index (χ0n) is 12.3. The first kappa shape index (κ1) is 15.4. The van der Waals surface area contributed by atoms with Crippen LogP contribution in [0.5, 0.6) is 0 Å². The summed E-state index contributed by atoms with van der Waals surface area (Å²) in [6.07, 6.45) is 0. The van der Waals surface area contributed by atoms with Gasteiger partial charge in [0.2, 0.25) is 0 Å². The molecule has 2 aromatic carbocycles. The second-order valence-corrected chi connectivity index (χ2v) is 5.50. The van der Waals surface area contributed by atoms with Gasteiger partial charge in [0.25, 0.3) is 0 Å². The van der Waals surface area contributed by atoms with E-state index < -0.39 is 0 Å². The first-order valence-corrected chi connectivity index (χ1v) is 7.22. The minimum absolute atomic E-state index is 0.0896. The molecule has 2 aromatic rings. The zero-order chi connectivity index (χ0) is 15.2. The molecule has 0 aliphatic heterocycles. The Hall–Kier alpha value is -2.00. The van der Waals surface area contributed by atoms with Crippen molar-refractivity contribution >= 4 is 17.6 Å². The number of hydrogen-bond donors (Lipinski definition) is 1. The van der Waals surface area contributed by atoms with Crippen molar-refractivity contribution in [3.63, 3.8) is 0 Å². The maximum Gasteiger partial charge on any atom is 0.317 e. The maximum absolute atomic E-state index is 12.1. The Bertz CT molecular complexity index is 610. The van der Waals surface area contributed by atoms with E-state index in [1.165, 1.54) is 5.56 Å². The second-order valence-electron chi connectivity index (χ2n) is 5.07. The lowest BCUT2D eigenvalue weighted by Crippen LogP contribution is -2.36. The van der Waals surface area contributed by atoms with Crippen molar-refractivity contribution < 1.29 is 4.79 Å². The van der Waals surface area contributed by atoms with Crippen LogP contribution in [0.1, 0.15) is 16.7 Å². The first-order chi connectivity index (χ1) is 10.1. The molecule has 2 amide bonds. The van der Waals surface area contributed by atoms with Gasteiger partial charge in [-0.15, -0.1) is 0 Å². The van der Waals surface area contributed by atoms with Crippen LogP contribution >= 0.6 is 11.6 Å².